The first-order valence-electron chi connectivity index (χ1n) is 15.2. The summed E-state index contributed by atoms with van der Waals surface area (Å²) >= 11 is 0. The van der Waals surface area contributed by atoms with Crippen molar-refractivity contribution in [3.63, 3.8) is 0 Å². The van der Waals surface area contributed by atoms with Gasteiger partial charge in [0, 0.05) is 29.6 Å². The van der Waals surface area contributed by atoms with Crippen LogP contribution in [-0.2, 0) is 18.4 Å². The number of benzene rings is 2. The van der Waals surface area contributed by atoms with Gasteiger partial charge < -0.3 is 21.3 Å². The maximum Gasteiger partial charge on any atom is 0.178 e. The lowest BCUT2D eigenvalue weighted by atomic mass is 9.53. The summed E-state index contributed by atoms with van der Waals surface area (Å²) in [5.41, 5.74) is 11.7. The second-order valence-electron chi connectivity index (χ2n) is 12.4. The Morgan fingerprint density at radius 2 is 1.91 bits per heavy atom. The minimum Gasteiger partial charge on any atom is -0.508 e. The van der Waals surface area contributed by atoms with Gasteiger partial charge in [0.2, 0.25) is 0 Å². The number of rotatable bonds is 10. The summed E-state index contributed by atoms with van der Waals surface area (Å²) in [7, 11) is 0. The molecule has 3 saturated carbocycles. The van der Waals surface area contributed by atoms with Gasteiger partial charge in [0.1, 0.15) is 17.1 Å². The maximum absolute atomic E-state index is 11.4. The Bertz CT molecular complexity index is 1710. The Kier molecular flexibility index (Phi) is 7.10. The lowest BCUT2D eigenvalue weighted by Gasteiger charge is -2.57. The van der Waals surface area contributed by atoms with E-state index in [1.54, 1.807) is 12.1 Å². The molecule has 3 aromatic heterocycles. The number of nitrogen functional groups attached to an aromatic ring is 1. The normalized spacial score (nSPS) is 24.0. The van der Waals surface area contributed by atoms with E-state index in [1.807, 2.05) is 35.1 Å². The number of nitrogens with two attached hydrogens (primary N) is 1. The first-order valence-corrected chi connectivity index (χ1v) is 15.2. The second kappa shape index (κ2) is 11.1. The molecule has 0 amide bonds. The predicted molar refractivity (Wildman–Crippen MR) is 165 cm³/mol. The molecule has 3 fully saturated rings. The molecule has 5 aromatic rings. The summed E-state index contributed by atoms with van der Waals surface area (Å²) < 4.78 is 1.95. The quantitative estimate of drug-likeness (QED) is 0.165. The van der Waals surface area contributed by atoms with Gasteiger partial charge in [-0.3, -0.25) is 4.68 Å². The predicted octanol–water partition coefficient (Wildman–Crippen LogP) is 4.21. The molecular formula is C33H38N8O2. The van der Waals surface area contributed by atoms with E-state index in [1.165, 1.54) is 5.56 Å². The highest BCUT2D eigenvalue weighted by atomic mass is 16.3. The number of nitrogens with one attached hydrogen (secondary N) is 2. The summed E-state index contributed by atoms with van der Waals surface area (Å²) in [6.45, 7) is 1.46. The van der Waals surface area contributed by atoms with Crippen molar-refractivity contribution in [3.8, 4) is 5.75 Å². The van der Waals surface area contributed by atoms with Gasteiger partial charge in [-0.1, -0.05) is 47.7 Å². The molecule has 0 spiro atoms. The minimum absolute atomic E-state index is 0.0307. The lowest BCUT2D eigenvalue weighted by Crippen LogP contribution is -2.62. The van der Waals surface area contributed by atoms with E-state index in [-0.39, 0.29) is 28.7 Å². The van der Waals surface area contributed by atoms with Crippen LogP contribution in [0.5, 0.6) is 5.75 Å². The SMILES string of the molecule is Nc1cc(C(CCNC23CCC(c4ccccc4)(CC2)[C@H](O)C3)c2cnn(CCc3cccc(O)c3)c2)c2nn[nH]c2n1. The molecule has 2 bridgehead atoms. The van der Waals surface area contributed by atoms with Crippen molar-refractivity contribution >= 4 is 17.0 Å². The van der Waals surface area contributed by atoms with E-state index in [0.717, 1.165) is 68.2 Å². The summed E-state index contributed by atoms with van der Waals surface area (Å²) in [4.78, 5) is 4.38. The number of aliphatic hydroxyl groups is 1. The topological polar surface area (TPSA) is 151 Å². The zero-order valence-corrected chi connectivity index (χ0v) is 24.2. The zero-order valence-electron chi connectivity index (χ0n) is 24.2. The van der Waals surface area contributed by atoms with Crippen molar-refractivity contribution < 1.29 is 10.2 Å². The smallest absolute Gasteiger partial charge is 0.178 e. The average molecular weight is 579 g/mol. The number of phenols is 1. The molecule has 3 aliphatic rings. The number of pyridine rings is 1. The number of anilines is 1. The number of hydrogen-bond acceptors (Lipinski definition) is 8. The number of phenolic OH excluding ortho intramolecular Hbond substituents is 1. The highest BCUT2D eigenvalue weighted by Gasteiger charge is 2.54. The number of aromatic amines is 1. The fourth-order valence-electron chi connectivity index (χ4n) is 7.55. The van der Waals surface area contributed by atoms with Crippen LogP contribution in [0.2, 0.25) is 0 Å². The fraction of sp³-hybridized carbons (Fsp3) is 0.394. The highest BCUT2D eigenvalue weighted by molar-refractivity contribution is 5.77. The molecule has 2 atom stereocenters. The fourth-order valence-corrected chi connectivity index (χ4v) is 7.55. The average Bonchev–Trinajstić information content (AvgIpc) is 3.69. The number of fused-ring (bicyclic) bond motifs is 4. The van der Waals surface area contributed by atoms with E-state index in [9.17, 15) is 10.2 Å². The van der Waals surface area contributed by atoms with Crippen LogP contribution in [0.4, 0.5) is 5.82 Å². The van der Waals surface area contributed by atoms with E-state index in [2.05, 4.69) is 61.3 Å². The monoisotopic (exact) mass is 578 g/mol. The van der Waals surface area contributed by atoms with Crippen molar-refractivity contribution in [1.29, 1.82) is 0 Å². The Labute approximate surface area is 250 Å². The number of aromatic hydroxyl groups is 1. The zero-order chi connectivity index (χ0) is 29.4. The largest absolute Gasteiger partial charge is 0.508 e. The van der Waals surface area contributed by atoms with Crippen LogP contribution in [0.25, 0.3) is 11.2 Å². The van der Waals surface area contributed by atoms with Crippen LogP contribution >= 0.6 is 0 Å². The molecule has 2 aromatic carbocycles. The van der Waals surface area contributed by atoms with Gasteiger partial charge in [-0.15, -0.1) is 5.10 Å². The lowest BCUT2D eigenvalue weighted by molar-refractivity contribution is -0.0496. The van der Waals surface area contributed by atoms with Gasteiger partial charge in [-0.05, 0) is 91.9 Å². The number of aryl methyl sites for hydroxylation is 2. The Balaban J connectivity index is 1.09. The second-order valence-corrected chi connectivity index (χ2v) is 12.4. The third-order valence-electron chi connectivity index (χ3n) is 9.92. The van der Waals surface area contributed by atoms with E-state index in [0.29, 0.717) is 23.5 Å². The van der Waals surface area contributed by atoms with Crippen molar-refractivity contribution in [2.24, 2.45) is 0 Å². The molecule has 222 valence electrons. The third-order valence-corrected chi connectivity index (χ3v) is 9.92. The molecule has 3 heterocycles. The Morgan fingerprint density at radius 1 is 1.07 bits per heavy atom. The molecule has 43 heavy (non-hydrogen) atoms. The van der Waals surface area contributed by atoms with E-state index >= 15 is 0 Å². The van der Waals surface area contributed by atoms with Gasteiger partial charge in [0.25, 0.3) is 0 Å². The van der Waals surface area contributed by atoms with Crippen molar-refractivity contribution in [1.82, 2.24) is 35.5 Å². The molecule has 1 unspecified atom stereocenters. The van der Waals surface area contributed by atoms with Crippen LogP contribution in [0, 0.1) is 0 Å². The summed E-state index contributed by atoms with van der Waals surface area (Å²) in [6.07, 6.45) is 10.0. The molecule has 0 aliphatic heterocycles. The minimum atomic E-state index is -0.361. The molecule has 10 nitrogen and oxygen atoms in total. The Hall–Kier alpha value is -4.28. The number of nitrogens with zero attached hydrogens (tertiary/aromatic N) is 5. The van der Waals surface area contributed by atoms with Crippen molar-refractivity contribution in [2.75, 3.05) is 12.3 Å². The molecule has 0 radical (unpaired) electrons. The Morgan fingerprint density at radius 3 is 2.70 bits per heavy atom. The number of aromatic nitrogens is 6. The number of H-pyrrole nitrogens is 1. The van der Waals surface area contributed by atoms with Gasteiger partial charge in [-0.25, -0.2) is 10.1 Å². The van der Waals surface area contributed by atoms with Crippen LogP contribution in [-0.4, -0.2) is 58.6 Å². The van der Waals surface area contributed by atoms with Gasteiger partial charge >= 0.3 is 0 Å². The number of hydrogen-bond donors (Lipinski definition) is 5. The van der Waals surface area contributed by atoms with Crippen LogP contribution in [0.3, 0.4) is 0 Å². The molecular weight excluding hydrogens is 540 g/mol. The number of aliphatic hydroxyl groups excluding tert-OH is 1. The van der Waals surface area contributed by atoms with Crippen LogP contribution in [0.15, 0.2) is 73.1 Å². The molecule has 0 saturated heterocycles. The van der Waals surface area contributed by atoms with E-state index in [4.69, 9.17) is 5.73 Å². The third kappa shape index (κ3) is 5.25. The van der Waals surface area contributed by atoms with Crippen LogP contribution < -0.4 is 11.1 Å². The van der Waals surface area contributed by atoms with Gasteiger partial charge in [0.05, 0.1) is 12.3 Å². The highest BCUT2D eigenvalue weighted by Crippen LogP contribution is 2.53. The first-order chi connectivity index (χ1) is 20.9. The van der Waals surface area contributed by atoms with Crippen molar-refractivity contribution in [2.45, 2.75) is 74.5 Å². The van der Waals surface area contributed by atoms with Crippen LogP contribution in [0.1, 0.15) is 66.7 Å². The molecule has 3 aliphatic carbocycles. The van der Waals surface area contributed by atoms with Gasteiger partial charge in [-0.2, -0.15) is 5.10 Å². The van der Waals surface area contributed by atoms with Gasteiger partial charge in [0.15, 0.2) is 5.65 Å². The van der Waals surface area contributed by atoms with E-state index < -0.39 is 0 Å². The summed E-state index contributed by atoms with van der Waals surface area (Å²) in [5, 5.41) is 41.0. The summed E-state index contributed by atoms with van der Waals surface area (Å²) in [5.74, 6) is 0.657. The molecule has 10 heteroatoms. The molecule has 6 N–H and O–H groups in total. The maximum atomic E-state index is 11.4. The first kappa shape index (κ1) is 27.5. The standard InChI is InChI=1S/C33H38N8O2/c34-29-18-27(30-31(37-29)39-40-38-30)26(23-20-36-41(21-23)16-10-22-5-4-8-25(42)17-22)9-15-35-32-11-13-33(14-12-32,28(43)19-32)24-6-2-1-3-7-24/h1-8,17-18,20-21,26,28,35,42-43H,9-16,19H2,(H3,34,37,38,39,40)/t26?,28-,32?,33?/m1/s1. The summed E-state index contributed by atoms with van der Waals surface area (Å²) in [6, 6.07) is 19.8. The molecule has 8 rings (SSSR count). The van der Waals surface area contributed by atoms with Crippen molar-refractivity contribution in [3.05, 3.63) is 95.3 Å².